The second-order valence-corrected chi connectivity index (χ2v) is 10.1. The first kappa shape index (κ1) is 31.4. The average Bonchev–Trinajstić information content (AvgIpc) is 3.48. The van der Waals surface area contributed by atoms with Crippen molar-refractivity contribution >= 4 is 41.1 Å². The fourth-order valence-electron chi connectivity index (χ4n) is 4.25. The smallest absolute Gasteiger partial charge is 0.416 e. The molecule has 2 N–H and O–H groups in total. The molecule has 1 saturated heterocycles. The molecule has 236 valence electrons. The maximum atomic E-state index is 13.2. The SMILES string of the molecule is O=C(Nc1nccc(COc2nsnc2N2CCN(C(=O)Nc3cc(C(F)(F)F)cc(C(F)(F)F)c3)CC2)n1)c1ccccc1. The van der Waals surface area contributed by atoms with Crippen LogP contribution in [0.15, 0.2) is 60.8 Å². The normalized spacial score (nSPS) is 13.8. The molecule has 1 fully saturated rings. The number of hydrogen-bond donors (Lipinski definition) is 2. The number of amides is 3. The number of urea groups is 1. The predicted octanol–water partition coefficient (Wildman–Crippen LogP) is 5.55. The molecule has 0 bridgehead atoms. The first-order valence-electron chi connectivity index (χ1n) is 13.1. The highest BCUT2D eigenvalue weighted by Gasteiger charge is 2.37. The second-order valence-electron chi connectivity index (χ2n) is 9.57. The van der Waals surface area contributed by atoms with Gasteiger partial charge in [-0.2, -0.15) is 30.7 Å². The van der Waals surface area contributed by atoms with Crippen molar-refractivity contribution in [3.05, 3.63) is 83.2 Å². The molecule has 4 aromatic rings. The fourth-order valence-corrected chi connectivity index (χ4v) is 4.77. The van der Waals surface area contributed by atoms with Crippen LogP contribution in [0.5, 0.6) is 5.88 Å². The molecule has 18 heteroatoms. The van der Waals surface area contributed by atoms with Gasteiger partial charge in [-0.1, -0.05) is 18.2 Å². The van der Waals surface area contributed by atoms with Crippen LogP contribution in [0.25, 0.3) is 0 Å². The monoisotopic (exact) mass is 652 g/mol. The summed E-state index contributed by atoms with van der Waals surface area (Å²) in [5.74, 6) is 0.276. The van der Waals surface area contributed by atoms with E-state index >= 15 is 0 Å². The van der Waals surface area contributed by atoms with Crippen LogP contribution in [-0.4, -0.2) is 61.7 Å². The van der Waals surface area contributed by atoms with Crippen molar-refractivity contribution in [3.8, 4) is 5.88 Å². The highest BCUT2D eigenvalue weighted by Crippen LogP contribution is 2.37. The van der Waals surface area contributed by atoms with E-state index in [1.165, 1.54) is 11.1 Å². The van der Waals surface area contributed by atoms with Crippen molar-refractivity contribution in [2.75, 3.05) is 41.7 Å². The van der Waals surface area contributed by atoms with Crippen molar-refractivity contribution in [3.63, 3.8) is 0 Å². The average molecular weight is 653 g/mol. The summed E-state index contributed by atoms with van der Waals surface area (Å²) < 4.78 is 93.3. The number of nitrogens with one attached hydrogen (secondary N) is 2. The zero-order valence-corrected chi connectivity index (χ0v) is 23.7. The van der Waals surface area contributed by atoms with E-state index in [1.54, 1.807) is 41.3 Å². The minimum Gasteiger partial charge on any atom is -0.468 e. The summed E-state index contributed by atoms with van der Waals surface area (Å²) in [5.41, 5.74) is -2.81. The number of benzene rings is 2. The predicted molar refractivity (Wildman–Crippen MR) is 150 cm³/mol. The number of rotatable bonds is 7. The van der Waals surface area contributed by atoms with Gasteiger partial charge in [-0.3, -0.25) is 10.1 Å². The van der Waals surface area contributed by atoms with E-state index < -0.39 is 35.2 Å². The molecule has 1 aliphatic rings. The van der Waals surface area contributed by atoms with E-state index in [-0.39, 0.29) is 56.6 Å². The zero-order chi connectivity index (χ0) is 32.2. The Labute approximate surface area is 255 Å². The van der Waals surface area contributed by atoms with Gasteiger partial charge in [0.1, 0.15) is 6.61 Å². The molecular formula is C27H22F6N8O3S. The minimum absolute atomic E-state index is 0.0104. The van der Waals surface area contributed by atoms with Crippen LogP contribution in [0, 0.1) is 0 Å². The number of carbonyl (C=O) groups is 2. The molecule has 0 aliphatic carbocycles. The third kappa shape index (κ3) is 7.94. The highest BCUT2D eigenvalue weighted by molar-refractivity contribution is 6.99. The molecule has 2 aromatic heterocycles. The van der Waals surface area contributed by atoms with Gasteiger partial charge < -0.3 is 19.9 Å². The Hall–Kier alpha value is -5.00. The fraction of sp³-hybridized carbons (Fsp3) is 0.259. The molecule has 2 aromatic carbocycles. The van der Waals surface area contributed by atoms with Gasteiger partial charge in [0.15, 0.2) is 0 Å². The Morgan fingerprint density at radius 2 is 1.53 bits per heavy atom. The van der Waals surface area contributed by atoms with Gasteiger partial charge in [0.25, 0.3) is 11.8 Å². The molecule has 3 heterocycles. The van der Waals surface area contributed by atoms with Crippen LogP contribution in [0.3, 0.4) is 0 Å². The quantitative estimate of drug-likeness (QED) is 0.249. The largest absolute Gasteiger partial charge is 0.468 e. The molecule has 5 rings (SSSR count). The van der Waals surface area contributed by atoms with Gasteiger partial charge in [-0.15, -0.1) is 4.37 Å². The van der Waals surface area contributed by atoms with E-state index in [0.717, 1.165) is 11.7 Å². The lowest BCUT2D eigenvalue weighted by atomic mass is 10.1. The summed E-state index contributed by atoms with van der Waals surface area (Å²) in [6.07, 6.45) is -8.62. The molecule has 0 atom stereocenters. The van der Waals surface area contributed by atoms with Crippen LogP contribution >= 0.6 is 11.7 Å². The molecule has 0 radical (unpaired) electrons. The number of carbonyl (C=O) groups excluding carboxylic acids is 2. The van der Waals surface area contributed by atoms with Gasteiger partial charge in [0, 0.05) is 43.6 Å². The molecule has 11 nitrogen and oxygen atoms in total. The summed E-state index contributed by atoms with van der Waals surface area (Å²) in [5, 5.41) is 4.75. The number of aromatic nitrogens is 4. The van der Waals surface area contributed by atoms with Gasteiger partial charge >= 0.3 is 18.4 Å². The number of ether oxygens (including phenoxy) is 1. The summed E-state index contributed by atoms with van der Waals surface area (Å²) >= 11 is 0.887. The van der Waals surface area contributed by atoms with Gasteiger partial charge in [0.2, 0.25) is 11.8 Å². The van der Waals surface area contributed by atoms with E-state index in [1.807, 2.05) is 0 Å². The highest BCUT2D eigenvalue weighted by atomic mass is 32.1. The van der Waals surface area contributed by atoms with Gasteiger partial charge in [0.05, 0.1) is 28.5 Å². The number of nitrogens with zero attached hydrogens (tertiary/aromatic N) is 6. The van der Waals surface area contributed by atoms with Crippen molar-refractivity contribution in [1.82, 2.24) is 23.6 Å². The molecule has 0 saturated carbocycles. The topological polar surface area (TPSA) is 125 Å². The number of halogens is 6. The number of anilines is 3. The first-order valence-corrected chi connectivity index (χ1v) is 13.8. The van der Waals surface area contributed by atoms with E-state index in [4.69, 9.17) is 4.74 Å². The van der Waals surface area contributed by atoms with Crippen molar-refractivity contribution in [2.24, 2.45) is 0 Å². The molecular weight excluding hydrogens is 630 g/mol. The van der Waals surface area contributed by atoms with Crippen molar-refractivity contribution < 1.29 is 40.7 Å². The van der Waals surface area contributed by atoms with E-state index in [0.29, 0.717) is 29.2 Å². The Bertz CT molecular complexity index is 1630. The number of piperazine rings is 1. The van der Waals surface area contributed by atoms with Crippen LogP contribution in [-0.2, 0) is 19.0 Å². The van der Waals surface area contributed by atoms with Crippen LogP contribution in [0.4, 0.5) is 48.6 Å². The number of hydrogen-bond acceptors (Lipinski definition) is 9. The third-order valence-corrected chi connectivity index (χ3v) is 6.98. The van der Waals surface area contributed by atoms with Crippen LogP contribution in [0.1, 0.15) is 27.2 Å². The molecule has 3 amide bonds. The summed E-state index contributed by atoms with van der Waals surface area (Å²) in [7, 11) is 0. The van der Waals surface area contributed by atoms with E-state index in [2.05, 4.69) is 29.3 Å². The van der Waals surface area contributed by atoms with Gasteiger partial charge in [-0.25, -0.2) is 14.8 Å². The molecule has 0 spiro atoms. The maximum Gasteiger partial charge on any atom is 0.416 e. The van der Waals surface area contributed by atoms with E-state index in [9.17, 15) is 35.9 Å². The lowest BCUT2D eigenvalue weighted by Crippen LogP contribution is -2.50. The first-order chi connectivity index (χ1) is 21.4. The summed E-state index contributed by atoms with van der Waals surface area (Å²) in [6.45, 7) is 0.604. The second kappa shape index (κ2) is 12.9. The maximum absolute atomic E-state index is 13.2. The van der Waals surface area contributed by atoms with Crippen LogP contribution in [0.2, 0.25) is 0 Å². The zero-order valence-electron chi connectivity index (χ0n) is 22.9. The molecule has 0 unspecified atom stereocenters. The van der Waals surface area contributed by atoms with Crippen LogP contribution < -0.4 is 20.3 Å². The van der Waals surface area contributed by atoms with Crippen molar-refractivity contribution in [1.29, 1.82) is 0 Å². The Morgan fingerprint density at radius 1 is 0.867 bits per heavy atom. The molecule has 45 heavy (non-hydrogen) atoms. The third-order valence-electron chi connectivity index (χ3n) is 6.48. The van der Waals surface area contributed by atoms with Crippen molar-refractivity contribution in [2.45, 2.75) is 19.0 Å². The molecule has 1 aliphatic heterocycles. The summed E-state index contributed by atoms with van der Waals surface area (Å²) in [4.78, 5) is 36.5. The number of alkyl halides is 6. The lowest BCUT2D eigenvalue weighted by molar-refractivity contribution is -0.143. The standard InChI is InChI=1S/C27H22F6N8O3S/c28-26(29,30)17-12-18(27(31,32)33)14-20(13-17)36-25(43)41-10-8-40(9-11-41)21-23(39-45-38-21)44-15-19-6-7-34-24(35-19)37-22(42)16-4-2-1-3-5-16/h1-7,12-14H,8-11,15H2,(H,36,43)(H,34,35,37,42). The Balaban J connectivity index is 1.17. The Morgan fingerprint density at radius 3 is 2.18 bits per heavy atom. The minimum atomic E-state index is -5.04. The Kier molecular flexibility index (Phi) is 9.03. The summed E-state index contributed by atoms with van der Waals surface area (Å²) in [6, 6.07) is 10.2. The van der Waals surface area contributed by atoms with Gasteiger partial charge in [-0.05, 0) is 36.4 Å². The lowest BCUT2D eigenvalue weighted by Gasteiger charge is -2.34.